The van der Waals surface area contributed by atoms with E-state index in [1.807, 2.05) is 6.07 Å². The van der Waals surface area contributed by atoms with Crippen LogP contribution >= 0.6 is 0 Å². The van der Waals surface area contributed by atoms with Gasteiger partial charge in [0.1, 0.15) is 7.05 Å². The molecule has 5 heteroatoms. The van der Waals surface area contributed by atoms with E-state index >= 15 is 0 Å². The van der Waals surface area contributed by atoms with Gasteiger partial charge in [-0.1, -0.05) is 18.2 Å². The van der Waals surface area contributed by atoms with Crippen molar-refractivity contribution in [2.75, 3.05) is 6.79 Å². The van der Waals surface area contributed by atoms with Crippen LogP contribution in [0.5, 0.6) is 11.5 Å². The summed E-state index contributed by atoms with van der Waals surface area (Å²) < 4.78 is 13.3. The molecular formula is C20H13IN2O2. The van der Waals surface area contributed by atoms with E-state index in [-0.39, 0.29) is 30.8 Å². The molecule has 0 amide bonds. The molecule has 122 valence electrons. The normalized spacial score (nSPS) is 13.2. The summed E-state index contributed by atoms with van der Waals surface area (Å²) in [6.07, 6.45) is 2.12. The fourth-order valence-electron chi connectivity index (χ4n) is 3.94. The van der Waals surface area contributed by atoms with E-state index in [2.05, 4.69) is 54.2 Å². The minimum Gasteiger partial charge on any atom is -1.00 e. The van der Waals surface area contributed by atoms with Crippen LogP contribution < -0.4 is 38.0 Å². The predicted molar refractivity (Wildman–Crippen MR) is 91.0 cm³/mol. The average molecular weight is 440 g/mol. The lowest BCUT2D eigenvalue weighted by atomic mass is 10.0. The van der Waals surface area contributed by atoms with Gasteiger partial charge in [-0.15, -0.1) is 0 Å². The molecule has 2 aliphatic rings. The number of aromatic nitrogens is 2. The van der Waals surface area contributed by atoms with Gasteiger partial charge in [-0.25, -0.2) is 9.55 Å². The molecule has 1 aliphatic carbocycles. The maximum absolute atomic E-state index is 5.56. The van der Waals surface area contributed by atoms with Gasteiger partial charge in [0, 0.05) is 28.5 Å². The SMILES string of the molecule is C[n+]1ccc2c3c(nc4cc5c(cc42)OCO5)-c2ccccc2-c31.[I-]. The van der Waals surface area contributed by atoms with E-state index < -0.39 is 0 Å². The van der Waals surface area contributed by atoms with Crippen molar-refractivity contribution in [2.24, 2.45) is 7.05 Å². The summed E-state index contributed by atoms with van der Waals surface area (Å²) in [6.45, 7) is 0.277. The summed E-state index contributed by atoms with van der Waals surface area (Å²) in [5.41, 5.74) is 5.66. The summed E-state index contributed by atoms with van der Waals surface area (Å²) in [5, 5.41) is 3.53. The summed E-state index contributed by atoms with van der Waals surface area (Å²) >= 11 is 0. The van der Waals surface area contributed by atoms with Crippen molar-refractivity contribution in [3.8, 4) is 34.0 Å². The van der Waals surface area contributed by atoms with Crippen molar-refractivity contribution >= 4 is 21.7 Å². The first kappa shape index (κ1) is 14.9. The van der Waals surface area contributed by atoms with Gasteiger partial charge in [-0.05, 0) is 12.1 Å². The van der Waals surface area contributed by atoms with Crippen molar-refractivity contribution in [3.63, 3.8) is 0 Å². The van der Waals surface area contributed by atoms with Gasteiger partial charge in [0.05, 0.1) is 22.2 Å². The first-order chi connectivity index (χ1) is 11.8. The second-order valence-electron chi connectivity index (χ2n) is 6.29. The molecule has 25 heavy (non-hydrogen) atoms. The highest BCUT2D eigenvalue weighted by molar-refractivity contribution is 6.19. The lowest BCUT2D eigenvalue weighted by Crippen LogP contribution is -3.00. The van der Waals surface area contributed by atoms with Gasteiger partial charge in [0.2, 0.25) is 12.5 Å². The Labute approximate surface area is 161 Å². The maximum atomic E-state index is 5.56. The lowest BCUT2D eigenvalue weighted by Gasteiger charge is -2.07. The van der Waals surface area contributed by atoms with Crippen LogP contribution in [0.15, 0.2) is 48.7 Å². The van der Waals surface area contributed by atoms with Crippen LogP contribution in [0.4, 0.5) is 0 Å². The zero-order chi connectivity index (χ0) is 15.8. The number of halogens is 1. The maximum Gasteiger partial charge on any atom is 0.231 e. The minimum absolute atomic E-state index is 0. The van der Waals surface area contributed by atoms with Gasteiger partial charge in [0.25, 0.3) is 0 Å². The highest BCUT2D eigenvalue weighted by Gasteiger charge is 2.31. The Kier molecular flexibility index (Phi) is 3.01. The van der Waals surface area contributed by atoms with E-state index in [4.69, 9.17) is 14.5 Å². The van der Waals surface area contributed by atoms with Gasteiger partial charge in [-0.3, -0.25) is 0 Å². The molecule has 4 aromatic rings. The molecule has 2 aromatic carbocycles. The van der Waals surface area contributed by atoms with Crippen molar-refractivity contribution < 1.29 is 38.0 Å². The molecule has 6 rings (SSSR count). The third kappa shape index (κ3) is 1.81. The molecule has 0 saturated carbocycles. The number of ether oxygens (including phenoxy) is 2. The predicted octanol–water partition coefficient (Wildman–Crippen LogP) is 0.593. The van der Waals surface area contributed by atoms with Gasteiger partial charge in [-0.2, -0.15) is 0 Å². The third-order valence-corrected chi connectivity index (χ3v) is 5.01. The Morgan fingerprint density at radius 2 is 1.72 bits per heavy atom. The van der Waals surface area contributed by atoms with Crippen LogP contribution in [0.3, 0.4) is 0 Å². The second-order valence-corrected chi connectivity index (χ2v) is 6.29. The zero-order valence-electron chi connectivity index (χ0n) is 13.4. The van der Waals surface area contributed by atoms with E-state index in [0.29, 0.717) is 0 Å². The second kappa shape index (κ2) is 5.05. The fourth-order valence-corrected chi connectivity index (χ4v) is 3.94. The molecule has 0 spiro atoms. The molecule has 0 N–H and O–H groups in total. The number of rotatable bonds is 0. The Bertz CT molecular complexity index is 1200. The number of aryl methyl sites for hydroxylation is 1. The monoisotopic (exact) mass is 440 g/mol. The first-order valence-corrected chi connectivity index (χ1v) is 7.97. The molecule has 1 aliphatic heterocycles. The van der Waals surface area contributed by atoms with Crippen molar-refractivity contribution in [1.82, 2.24) is 4.98 Å². The standard InChI is InChI=1S/C20H13N2O2.HI/c1-22-7-6-11-14-8-16-17(24-10-23-16)9-15(14)21-19-12-4-2-3-5-13(12)20(22)18(11)19;/h2-9H,10H2,1H3;1H/q+1;/p-1. The number of hydrogen-bond acceptors (Lipinski definition) is 3. The van der Waals surface area contributed by atoms with E-state index in [1.165, 1.54) is 27.6 Å². The van der Waals surface area contributed by atoms with Gasteiger partial charge in [0.15, 0.2) is 17.7 Å². The molecule has 4 nitrogen and oxygen atoms in total. The molecule has 2 aromatic heterocycles. The number of hydrogen-bond donors (Lipinski definition) is 0. The minimum atomic E-state index is 0. The van der Waals surface area contributed by atoms with E-state index in [9.17, 15) is 0 Å². The Hall–Kier alpha value is -2.41. The summed E-state index contributed by atoms with van der Waals surface area (Å²) in [5.74, 6) is 1.57. The molecular weight excluding hydrogens is 427 g/mol. The van der Waals surface area contributed by atoms with E-state index in [1.54, 1.807) is 0 Å². The smallest absolute Gasteiger partial charge is 0.231 e. The van der Waals surface area contributed by atoms with Gasteiger partial charge < -0.3 is 33.5 Å². The van der Waals surface area contributed by atoms with Crippen molar-refractivity contribution in [3.05, 3.63) is 48.7 Å². The number of pyridine rings is 2. The molecule has 0 bridgehead atoms. The molecule has 0 saturated heterocycles. The largest absolute Gasteiger partial charge is 1.00 e. The van der Waals surface area contributed by atoms with Crippen LogP contribution in [0.1, 0.15) is 0 Å². The van der Waals surface area contributed by atoms with Crippen LogP contribution in [-0.4, -0.2) is 11.8 Å². The fraction of sp³-hybridized carbons (Fsp3) is 0.100. The highest BCUT2D eigenvalue weighted by atomic mass is 127. The Morgan fingerprint density at radius 1 is 0.960 bits per heavy atom. The zero-order valence-corrected chi connectivity index (χ0v) is 15.6. The van der Waals surface area contributed by atoms with Crippen LogP contribution in [0, 0.1) is 0 Å². The molecule has 0 unspecified atom stereocenters. The molecule has 3 heterocycles. The van der Waals surface area contributed by atoms with Crippen LogP contribution in [0.2, 0.25) is 0 Å². The van der Waals surface area contributed by atoms with Crippen LogP contribution in [-0.2, 0) is 7.05 Å². The number of fused-ring (bicyclic) bond motifs is 6. The summed E-state index contributed by atoms with van der Waals surface area (Å²) in [6, 6.07) is 14.7. The number of nitrogens with zero attached hydrogens (tertiary/aromatic N) is 2. The highest BCUT2D eigenvalue weighted by Crippen LogP contribution is 2.47. The topological polar surface area (TPSA) is 35.2 Å². The van der Waals surface area contributed by atoms with Crippen molar-refractivity contribution in [2.45, 2.75) is 0 Å². The van der Waals surface area contributed by atoms with Crippen LogP contribution in [0.25, 0.3) is 44.2 Å². The molecule has 0 radical (unpaired) electrons. The Balaban J connectivity index is 0.00000140. The first-order valence-electron chi connectivity index (χ1n) is 7.97. The molecule has 0 atom stereocenters. The van der Waals surface area contributed by atoms with Crippen molar-refractivity contribution in [1.29, 1.82) is 0 Å². The quantitative estimate of drug-likeness (QED) is 0.201. The summed E-state index contributed by atoms with van der Waals surface area (Å²) in [7, 11) is 2.09. The lowest BCUT2D eigenvalue weighted by molar-refractivity contribution is -0.659. The van der Waals surface area contributed by atoms with Gasteiger partial charge >= 0.3 is 0 Å². The molecule has 0 fully saturated rings. The number of benzene rings is 2. The van der Waals surface area contributed by atoms with E-state index in [0.717, 1.165) is 28.1 Å². The Morgan fingerprint density at radius 3 is 2.56 bits per heavy atom. The summed E-state index contributed by atoms with van der Waals surface area (Å²) in [4.78, 5) is 4.98. The average Bonchev–Trinajstić information content (AvgIpc) is 3.19. The third-order valence-electron chi connectivity index (χ3n) is 5.01.